The first-order valence-corrected chi connectivity index (χ1v) is 8.54. The fraction of sp³-hybridized carbons (Fsp3) is 0.579. The fourth-order valence-electron chi connectivity index (χ4n) is 2.38. The minimum Gasteiger partial charge on any atom is -0.479 e. The molecule has 0 radical (unpaired) electrons. The highest BCUT2D eigenvalue weighted by molar-refractivity contribution is 5.76. The average molecular weight is 367 g/mol. The van der Waals surface area contributed by atoms with Gasteiger partial charge in [0, 0.05) is 6.61 Å². The van der Waals surface area contributed by atoms with E-state index in [1.165, 1.54) is 0 Å². The summed E-state index contributed by atoms with van der Waals surface area (Å²) in [5, 5.41) is 12.3. The smallest absolute Gasteiger partial charge is 0.408 e. The number of alkyl carbamates (subject to hydrolysis) is 1. The van der Waals surface area contributed by atoms with Crippen LogP contribution in [0.4, 0.5) is 4.79 Å². The number of nitrogens with one attached hydrogen (secondary N) is 1. The first-order valence-electron chi connectivity index (χ1n) is 8.54. The van der Waals surface area contributed by atoms with E-state index in [9.17, 15) is 14.7 Å². The maximum absolute atomic E-state index is 12.2. The summed E-state index contributed by atoms with van der Waals surface area (Å²) in [6.07, 6.45) is -2.10. The molecule has 26 heavy (non-hydrogen) atoms. The first-order chi connectivity index (χ1) is 11.9. The molecule has 0 unspecified atom stereocenters. The molecule has 7 nitrogen and oxygen atoms in total. The van der Waals surface area contributed by atoms with Crippen LogP contribution in [0.15, 0.2) is 30.3 Å². The summed E-state index contributed by atoms with van der Waals surface area (Å²) < 4.78 is 16.4. The van der Waals surface area contributed by atoms with Crippen molar-refractivity contribution in [1.29, 1.82) is 0 Å². The molecule has 0 aliphatic rings. The number of hydrogen-bond donors (Lipinski definition) is 2. The van der Waals surface area contributed by atoms with E-state index in [1.807, 2.05) is 0 Å². The zero-order valence-corrected chi connectivity index (χ0v) is 16.2. The topological polar surface area (TPSA) is 94.1 Å². The van der Waals surface area contributed by atoms with Gasteiger partial charge in [-0.05, 0) is 47.1 Å². The second-order valence-corrected chi connectivity index (χ2v) is 7.24. The monoisotopic (exact) mass is 367 g/mol. The normalized spacial score (nSPS) is 14.4. The molecule has 0 bridgehead atoms. The minimum atomic E-state index is -1.37. The van der Waals surface area contributed by atoms with Gasteiger partial charge in [0.05, 0.1) is 6.04 Å². The molecule has 1 aromatic rings. The van der Waals surface area contributed by atoms with Gasteiger partial charge in [-0.15, -0.1) is 0 Å². The van der Waals surface area contributed by atoms with Gasteiger partial charge in [-0.2, -0.15) is 0 Å². The third-order valence-corrected chi connectivity index (χ3v) is 3.28. The van der Waals surface area contributed by atoms with Crippen LogP contribution in [-0.4, -0.2) is 41.3 Å². The number of hydrogen-bond acceptors (Lipinski definition) is 5. The summed E-state index contributed by atoms with van der Waals surface area (Å²) in [4.78, 5) is 24.1. The van der Waals surface area contributed by atoms with E-state index >= 15 is 0 Å². The third kappa shape index (κ3) is 7.41. The lowest BCUT2D eigenvalue weighted by atomic mass is 10.0. The second-order valence-electron chi connectivity index (χ2n) is 7.24. The number of rotatable bonds is 8. The van der Waals surface area contributed by atoms with Crippen molar-refractivity contribution in [3.05, 3.63) is 35.9 Å². The minimum absolute atomic E-state index is 0.356. The molecule has 0 aromatic heterocycles. The Kier molecular flexibility index (Phi) is 7.59. The molecule has 0 aliphatic carbocycles. The Hall–Kier alpha value is -2.12. The average Bonchev–Trinajstić information content (AvgIpc) is 2.49. The van der Waals surface area contributed by atoms with Gasteiger partial charge in [-0.3, -0.25) is 0 Å². The molecule has 0 saturated heterocycles. The quantitative estimate of drug-likeness (QED) is 0.683. The number of benzene rings is 1. The van der Waals surface area contributed by atoms with E-state index in [4.69, 9.17) is 14.2 Å². The van der Waals surface area contributed by atoms with Crippen LogP contribution in [-0.2, 0) is 19.0 Å². The van der Waals surface area contributed by atoms with E-state index in [2.05, 4.69) is 5.32 Å². The maximum atomic E-state index is 12.2. The van der Waals surface area contributed by atoms with Gasteiger partial charge in [-0.1, -0.05) is 30.3 Å². The zero-order chi connectivity index (χ0) is 20.0. The Labute approximate surface area is 154 Å². The highest BCUT2D eigenvalue weighted by atomic mass is 16.7. The summed E-state index contributed by atoms with van der Waals surface area (Å²) in [6, 6.07) is 7.79. The van der Waals surface area contributed by atoms with Gasteiger partial charge >= 0.3 is 12.1 Å². The molecule has 146 valence electrons. The van der Waals surface area contributed by atoms with Crippen LogP contribution >= 0.6 is 0 Å². The Morgan fingerprint density at radius 2 is 1.69 bits per heavy atom. The molecule has 2 N–H and O–H groups in total. The highest BCUT2D eigenvalue weighted by Crippen LogP contribution is 2.25. The SMILES string of the molecule is CCOC(C)(C)O[C@@H](C(=O)O)[C@@H](NC(=O)OC(C)(C)C)c1ccccc1. The van der Waals surface area contributed by atoms with Crippen molar-refractivity contribution >= 4 is 12.1 Å². The molecule has 0 fully saturated rings. The second kappa shape index (κ2) is 9.00. The van der Waals surface area contributed by atoms with Gasteiger partial charge < -0.3 is 24.6 Å². The molecule has 1 amide bonds. The summed E-state index contributed by atoms with van der Waals surface area (Å²) in [5.74, 6) is -2.36. The number of carboxylic acids is 1. The van der Waals surface area contributed by atoms with Crippen molar-refractivity contribution in [2.75, 3.05) is 6.61 Å². The lowest BCUT2D eigenvalue weighted by Crippen LogP contribution is -2.47. The van der Waals surface area contributed by atoms with Gasteiger partial charge in [0.25, 0.3) is 0 Å². The highest BCUT2D eigenvalue weighted by Gasteiger charge is 2.37. The maximum Gasteiger partial charge on any atom is 0.408 e. The lowest BCUT2D eigenvalue weighted by Gasteiger charge is -2.33. The summed E-state index contributed by atoms with van der Waals surface area (Å²) >= 11 is 0. The van der Waals surface area contributed by atoms with Crippen LogP contribution in [0.2, 0.25) is 0 Å². The van der Waals surface area contributed by atoms with Gasteiger partial charge in [0.1, 0.15) is 5.60 Å². The van der Waals surface area contributed by atoms with Crippen LogP contribution in [0, 0.1) is 0 Å². The molecule has 0 heterocycles. The number of carboxylic acid groups (broad SMARTS) is 1. The molecule has 0 saturated carbocycles. The lowest BCUT2D eigenvalue weighted by molar-refractivity contribution is -0.242. The Bertz CT molecular complexity index is 594. The Balaban J connectivity index is 3.15. The molecule has 0 spiro atoms. The molecular weight excluding hydrogens is 338 g/mol. The van der Waals surface area contributed by atoms with Crippen molar-refractivity contribution in [2.45, 2.75) is 65.1 Å². The Morgan fingerprint density at radius 1 is 1.12 bits per heavy atom. The number of carbonyl (C=O) groups excluding carboxylic acids is 1. The van der Waals surface area contributed by atoms with E-state index in [0.29, 0.717) is 12.2 Å². The summed E-state index contributed by atoms with van der Waals surface area (Å²) in [6.45, 7) is 10.6. The third-order valence-electron chi connectivity index (χ3n) is 3.28. The number of carbonyl (C=O) groups is 2. The van der Waals surface area contributed by atoms with Crippen LogP contribution in [0.25, 0.3) is 0 Å². The standard InChI is InChI=1S/C19H29NO6/c1-7-24-19(5,6)25-15(16(21)22)14(13-11-9-8-10-12-13)20-17(23)26-18(2,3)4/h8-12,14-15H,7H2,1-6H3,(H,20,23)(H,21,22)/t14-,15+/m0/s1. The van der Waals surface area contributed by atoms with E-state index < -0.39 is 35.6 Å². The van der Waals surface area contributed by atoms with Crippen molar-refractivity contribution in [3.63, 3.8) is 0 Å². The number of amides is 1. The Morgan fingerprint density at radius 3 is 2.15 bits per heavy atom. The fourth-order valence-corrected chi connectivity index (χ4v) is 2.38. The van der Waals surface area contributed by atoms with Crippen molar-refractivity contribution in [3.8, 4) is 0 Å². The molecular formula is C19H29NO6. The van der Waals surface area contributed by atoms with Crippen LogP contribution in [0.5, 0.6) is 0 Å². The van der Waals surface area contributed by atoms with Gasteiger partial charge in [-0.25, -0.2) is 9.59 Å². The first kappa shape index (κ1) is 21.9. The van der Waals surface area contributed by atoms with E-state index in [-0.39, 0.29) is 0 Å². The predicted octanol–water partition coefficient (Wildman–Crippen LogP) is 3.49. The molecule has 0 aliphatic heterocycles. The van der Waals surface area contributed by atoms with Crippen molar-refractivity contribution in [2.24, 2.45) is 0 Å². The largest absolute Gasteiger partial charge is 0.479 e. The molecule has 1 rings (SSSR count). The van der Waals surface area contributed by atoms with Gasteiger partial charge in [0.15, 0.2) is 11.9 Å². The molecule has 2 atom stereocenters. The predicted molar refractivity (Wildman–Crippen MR) is 96.8 cm³/mol. The summed E-state index contributed by atoms with van der Waals surface area (Å²) in [7, 11) is 0. The van der Waals surface area contributed by atoms with E-state index in [1.54, 1.807) is 71.9 Å². The molecule has 7 heteroatoms. The number of ether oxygens (including phenoxy) is 3. The number of aliphatic carboxylic acids is 1. The van der Waals surface area contributed by atoms with Gasteiger partial charge in [0.2, 0.25) is 0 Å². The zero-order valence-electron chi connectivity index (χ0n) is 16.2. The van der Waals surface area contributed by atoms with Crippen LogP contribution < -0.4 is 5.32 Å². The van der Waals surface area contributed by atoms with Crippen molar-refractivity contribution < 1.29 is 28.9 Å². The van der Waals surface area contributed by atoms with Crippen LogP contribution in [0.1, 0.15) is 53.1 Å². The van der Waals surface area contributed by atoms with Crippen LogP contribution in [0.3, 0.4) is 0 Å². The van der Waals surface area contributed by atoms with E-state index in [0.717, 1.165) is 0 Å². The van der Waals surface area contributed by atoms with Crippen molar-refractivity contribution in [1.82, 2.24) is 5.32 Å². The molecule has 1 aromatic carbocycles. The summed E-state index contributed by atoms with van der Waals surface area (Å²) in [5.41, 5.74) is -0.131.